The molecule has 0 spiro atoms. The van der Waals surface area contributed by atoms with E-state index in [9.17, 15) is 9.59 Å². The highest BCUT2D eigenvalue weighted by atomic mass is 16.5. The summed E-state index contributed by atoms with van der Waals surface area (Å²) in [5.74, 6) is -0.418. The zero-order valence-corrected chi connectivity index (χ0v) is 12.1. The van der Waals surface area contributed by atoms with Gasteiger partial charge in [-0.05, 0) is 26.0 Å². The van der Waals surface area contributed by atoms with E-state index in [0.717, 1.165) is 11.4 Å². The van der Waals surface area contributed by atoms with Crippen LogP contribution in [0.25, 0.3) is 0 Å². The molecule has 108 valence electrons. The number of nitrogens with one attached hydrogen (secondary N) is 1. The third kappa shape index (κ3) is 3.10. The van der Waals surface area contributed by atoms with Crippen LogP contribution in [0.1, 0.15) is 26.7 Å². The maximum atomic E-state index is 12.4. The summed E-state index contributed by atoms with van der Waals surface area (Å²) < 4.78 is 4.58. The minimum atomic E-state index is -0.360. The molecule has 1 N–H and O–H groups in total. The second-order valence-electron chi connectivity index (χ2n) is 5.58. The maximum absolute atomic E-state index is 12.4. The van der Waals surface area contributed by atoms with Crippen molar-refractivity contribution in [3.05, 3.63) is 24.3 Å². The van der Waals surface area contributed by atoms with Gasteiger partial charge in [0.25, 0.3) is 0 Å². The van der Waals surface area contributed by atoms with Gasteiger partial charge in [-0.1, -0.05) is 12.1 Å². The van der Waals surface area contributed by atoms with Crippen LogP contribution in [-0.2, 0) is 14.3 Å². The molecule has 1 aliphatic rings. The summed E-state index contributed by atoms with van der Waals surface area (Å²) in [6.45, 7) is 4.66. The number of ether oxygens (including phenoxy) is 1. The van der Waals surface area contributed by atoms with Crippen molar-refractivity contribution in [3.8, 4) is 0 Å². The number of nitrogens with zero attached hydrogens (tertiary/aromatic N) is 1. The number of hydrogen-bond acceptors (Lipinski definition) is 4. The van der Waals surface area contributed by atoms with E-state index in [0.29, 0.717) is 6.54 Å². The number of anilines is 2. The average molecular weight is 276 g/mol. The Kier molecular flexibility index (Phi) is 3.97. The van der Waals surface area contributed by atoms with Gasteiger partial charge in [-0.2, -0.15) is 0 Å². The van der Waals surface area contributed by atoms with Gasteiger partial charge < -0.3 is 15.0 Å². The number of rotatable bonds is 3. The molecular formula is C15H20N2O3. The quantitative estimate of drug-likeness (QED) is 0.860. The summed E-state index contributed by atoms with van der Waals surface area (Å²) in [5, 5.41) is 3.41. The molecule has 5 nitrogen and oxygen atoms in total. The van der Waals surface area contributed by atoms with Gasteiger partial charge in [0, 0.05) is 18.5 Å². The predicted molar refractivity (Wildman–Crippen MR) is 77.7 cm³/mol. The van der Waals surface area contributed by atoms with Gasteiger partial charge in [-0.15, -0.1) is 0 Å². The average Bonchev–Trinajstić information content (AvgIpc) is 2.42. The topological polar surface area (TPSA) is 58.6 Å². The van der Waals surface area contributed by atoms with Crippen molar-refractivity contribution in [1.29, 1.82) is 0 Å². The Bertz CT molecular complexity index is 526. The minimum Gasteiger partial charge on any atom is -0.469 e. The molecule has 1 amide bonds. The molecule has 1 aliphatic heterocycles. The Hall–Kier alpha value is -2.04. The monoisotopic (exact) mass is 276 g/mol. The van der Waals surface area contributed by atoms with Crippen molar-refractivity contribution in [2.24, 2.45) is 0 Å². The van der Waals surface area contributed by atoms with Gasteiger partial charge in [0.05, 0.1) is 24.9 Å². The second kappa shape index (κ2) is 5.53. The number of carbonyl (C=O) groups is 2. The zero-order valence-electron chi connectivity index (χ0n) is 12.1. The van der Waals surface area contributed by atoms with Crippen LogP contribution >= 0.6 is 0 Å². The summed E-state index contributed by atoms with van der Waals surface area (Å²) in [4.78, 5) is 25.3. The molecular weight excluding hydrogens is 256 g/mol. The molecule has 1 aromatic rings. The summed E-state index contributed by atoms with van der Waals surface area (Å²) in [6, 6.07) is 7.70. The van der Waals surface area contributed by atoms with Gasteiger partial charge in [0.15, 0.2) is 0 Å². The minimum absolute atomic E-state index is 0.0579. The molecule has 20 heavy (non-hydrogen) atoms. The largest absolute Gasteiger partial charge is 0.469 e. The normalized spacial score (nSPS) is 16.1. The van der Waals surface area contributed by atoms with Gasteiger partial charge in [0.2, 0.25) is 5.91 Å². The van der Waals surface area contributed by atoms with E-state index in [1.54, 1.807) is 4.90 Å². The number of methoxy groups -OCH3 is 1. The molecule has 1 aromatic carbocycles. The Morgan fingerprint density at radius 1 is 1.30 bits per heavy atom. The van der Waals surface area contributed by atoms with Crippen LogP contribution in [0.5, 0.6) is 0 Å². The van der Waals surface area contributed by atoms with Crippen molar-refractivity contribution >= 4 is 23.3 Å². The van der Waals surface area contributed by atoms with Crippen LogP contribution in [-0.4, -0.2) is 31.1 Å². The number of hydrogen-bond donors (Lipinski definition) is 1. The molecule has 0 bridgehead atoms. The van der Waals surface area contributed by atoms with Crippen molar-refractivity contribution in [1.82, 2.24) is 0 Å². The first-order valence-electron chi connectivity index (χ1n) is 6.67. The molecule has 5 heteroatoms. The molecule has 1 heterocycles. The van der Waals surface area contributed by atoms with Crippen LogP contribution < -0.4 is 10.2 Å². The van der Waals surface area contributed by atoms with Crippen molar-refractivity contribution in [3.63, 3.8) is 0 Å². The van der Waals surface area contributed by atoms with Crippen molar-refractivity contribution < 1.29 is 14.3 Å². The number of benzene rings is 1. The molecule has 0 aliphatic carbocycles. The number of amides is 1. The van der Waals surface area contributed by atoms with Crippen molar-refractivity contribution in [2.75, 3.05) is 23.9 Å². The summed E-state index contributed by atoms with van der Waals surface area (Å²) in [5.41, 5.74) is 1.60. The predicted octanol–water partition coefficient (Wildman–Crippen LogP) is 2.18. The van der Waals surface area contributed by atoms with Crippen LogP contribution in [0.3, 0.4) is 0 Å². The summed E-state index contributed by atoms with van der Waals surface area (Å²) in [6.07, 6.45) is 0.277. The van der Waals surface area contributed by atoms with Crippen LogP contribution in [0.15, 0.2) is 24.3 Å². The van der Waals surface area contributed by atoms with Crippen LogP contribution in [0, 0.1) is 0 Å². The highest BCUT2D eigenvalue weighted by molar-refractivity contribution is 5.99. The molecule has 0 unspecified atom stereocenters. The highest BCUT2D eigenvalue weighted by Gasteiger charge is 2.32. The van der Waals surface area contributed by atoms with Gasteiger partial charge >= 0.3 is 5.97 Å². The Morgan fingerprint density at radius 2 is 2.00 bits per heavy atom. The molecule has 0 saturated heterocycles. The smallest absolute Gasteiger partial charge is 0.306 e. The van der Waals surface area contributed by atoms with E-state index in [4.69, 9.17) is 0 Å². The van der Waals surface area contributed by atoms with E-state index in [-0.39, 0.29) is 30.3 Å². The van der Waals surface area contributed by atoms with E-state index in [2.05, 4.69) is 10.1 Å². The fraction of sp³-hybridized carbons (Fsp3) is 0.467. The first kappa shape index (κ1) is 14.4. The third-order valence-electron chi connectivity index (χ3n) is 3.29. The lowest BCUT2D eigenvalue weighted by molar-refractivity contribution is -0.141. The number of esters is 1. The molecule has 2 rings (SSSR count). The fourth-order valence-electron chi connectivity index (χ4n) is 2.37. The lowest BCUT2D eigenvalue weighted by Crippen LogP contribution is -2.50. The Morgan fingerprint density at radius 3 is 2.70 bits per heavy atom. The van der Waals surface area contributed by atoms with Gasteiger partial charge in [0.1, 0.15) is 0 Å². The molecule has 0 fully saturated rings. The Labute approximate surface area is 118 Å². The fourth-order valence-corrected chi connectivity index (χ4v) is 2.37. The second-order valence-corrected chi connectivity index (χ2v) is 5.58. The number of para-hydroxylation sites is 2. The van der Waals surface area contributed by atoms with Gasteiger partial charge in [-0.25, -0.2) is 0 Å². The van der Waals surface area contributed by atoms with E-state index >= 15 is 0 Å². The van der Waals surface area contributed by atoms with E-state index in [1.807, 2.05) is 38.1 Å². The lowest BCUT2D eigenvalue weighted by atomic mass is 9.99. The molecule has 0 saturated carbocycles. The lowest BCUT2D eigenvalue weighted by Gasteiger charge is -2.40. The summed E-state index contributed by atoms with van der Waals surface area (Å²) in [7, 11) is 1.33. The Balaban J connectivity index is 2.18. The van der Waals surface area contributed by atoms with E-state index < -0.39 is 0 Å². The van der Waals surface area contributed by atoms with E-state index in [1.165, 1.54) is 7.11 Å². The van der Waals surface area contributed by atoms with Gasteiger partial charge in [-0.3, -0.25) is 9.59 Å². The number of fused-ring (bicyclic) bond motifs is 1. The first-order chi connectivity index (χ1) is 9.43. The molecule has 0 radical (unpaired) electrons. The third-order valence-corrected chi connectivity index (χ3v) is 3.29. The summed E-state index contributed by atoms with van der Waals surface area (Å²) >= 11 is 0. The zero-order chi connectivity index (χ0) is 14.8. The highest BCUT2D eigenvalue weighted by Crippen LogP contribution is 2.34. The maximum Gasteiger partial charge on any atom is 0.306 e. The molecule has 0 aromatic heterocycles. The SMILES string of the molecule is COC(=O)CCC(=O)N1CC(C)(C)Nc2ccccc21. The molecule has 0 atom stereocenters. The number of carbonyl (C=O) groups excluding carboxylic acids is 2. The van der Waals surface area contributed by atoms with Crippen molar-refractivity contribution in [2.45, 2.75) is 32.2 Å². The standard InChI is InChI=1S/C15H20N2O3/c1-15(2)10-17(13(18)8-9-14(19)20-3)12-7-5-4-6-11(12)16-15/h4-7,16H,8-10H2,1-3H3. The van der Waals surface area contributed by atoms with Crippen LogP contribution in [0.4, 0.5) is 11.4 Å². The van der Waals surface area contributed by atoms with Crippen LogP contribution in [0.2, 0.25) is 0 Å². The first-order valence-corrected chi connectivity index (χ1v) is 6.67.